The van der Waals surface area contributed by atoms with Gasteiger partial charge in [0.1, 0.15) is 0 Å². The van der Waals surface area contributed by atoms with Gasteiger partial charge in [-0.25, -0.2) is 0 Å². The highest BCUT2D eigenvalue weighted by Crippen LogP contribution is 2.21. The lowest BCUT2D eigenvalue weighted by Gasteiger charge is -2.33. The second kappa shape index (κ2) is 8.48. The van der Waals surface area contributed by atoms with Gasteiger partial charge >= 0.3 is 0 Å². The second-order valence-electron chi connectivity index (χ2n) is 6.60. The van der Waals surface area contributed by atoms with E-state index in [0.717, 1.165) is 39.0 Å². The van der Waals surface area contributed by atoms with Crippen molar-refractivity contribution in [2.24, 2.45) is 0 Å². The quantitative estimate of drug-likeness (QED) is 0.785. The van der Waals surface area contributed by atoms with Crippen molar-refractivity contribution in [3.63, 3.8) is 0 Å². The van der Waals surface area contributed by atoms with E-state index >= 15 is 0 Å². The normalized spacial score (nSPS) is 20.2. The highest BCUT2D eigenvalue weighted by molar-refractivity contribution is 5.81. The van der Waals surface area contributed by atoms with E-state index in [2.05, 4.69) is 5.32 Å². The summed E-state index contributed by atoms with van der Waals surface area (Å²) in [5, 5.41) is 3.24. The molecule has 0 aromatic heterocycles. The molecule has 22 heavy (non-hydrogen) atoms. The molecule has 0 radical (unpaired) electrons. The molecule has 0 spiro atoms. The second-order valence-corrected chi connectivity index (χ2v) is 6.60. The Morgan fingerprint density at radius 1 is 1.05 bits per heavy atom. The summed E-state index contributed by atoms with van der Waals surface area (Å²) in [6.45, 7) is 3.90. The van der Waals surface area contributed by atoms with Gasteiger partial charge in [-0.05, 0) is 19.9 Å². The molecule has 6 heteroatoms. The van der Waals surface area contributed by atoms with Gasteiger partial charge in [0.2, 0.25) is 11.8 Å². The van der Waals surface area contributed by atoms with Crippen molar-refractivity contribution in [3.05, 3.63) is 0 Å². The molecule has 1 heterocycles. The number of amides is 2. The van der Waals surface area contributed by atoms with Gasteiger partial charge < -0.3 is 15.1 Å². The Balaban J connectivity index is 1.74. The van der Waals surface area contributed by atoms with E-state index in [1.54, 1.807) is 0 Å². The summed E-state index contributed by atoms with van der Waals surface area (Å²) in [6, 6.07) is 0.388. The topological polar surface area (TPSA) is 55.9 Å². The fourth-order valence-corrected chi connectivity index (χ4v) is 3.32. The number of likely N-dealkylation sites (N-methyl/N-ethyl adjacent to an activating group) is 2. The number of hydrogen-bond donors (Lipinski definition) is 1. The van der Waals surface area contributed by atoms with Gasteiger partial charge in [-0.3, -0.25) is 14.5 Å². The Kier molecular flexibility index (Phi) is 6.64. The number of carbonyl (C=O) groups excluding carboxylic acids is 2. The smallest absolute Gasteiger partial charge is 0.236 e. The SMILES string of the molecule is CN(CC(=O)N1CCNCC1)CC(=O)N(C)C1CCCCC1. The van der Waals surface area contributed by atoms with Crippen LogP contribution in [0.5, 0.6) is 0 Å². The average molecular weight is 310 g/mol. The van der Waals surface area contributed by atoms with Gasteiger partial charge in [0, 0.05) is 39.3 Å². The first-order chi connectivity index (χ1) is 10.6. The maximum Gasteiger partial charge on any atom is 0.236 e. The summed E-state index contributed by atoms with van der Waals surface area (Å²) < 4.78 is 0. The predicted octanol–water partition coefficient (Wildman–Crippen LogP) is 0.141. The monoisotopic (exact) mass is 310 g/mol. The fourth-order valence-electron chi connectivity index (χ4n) is 3.32. The minimum Gasteiger partial charge on any atom is -0.342 e. The van der Waals surface area contributed by atoms with Crippen LogP contribution in [0.2, 0.25) is 0 Å². The van der Waals surface area contributed by atoms with E-state index < -0.39 is 0 Å². The Bertz CT molecular complexity index is 376. The summed E-state index contributed by atoms with van der Waals surface area (Å²) >= 11 is 0. The molecule has 2 rings (SSSR count). The molecular formula is C16H30N4O2. The molecule has 1 saturated carbocycles. The molecule has 6 nitrogen and oxygen atoms in total. The lowest BCUT2D eigenvalue weighted by molar-refractivity contribution is -0.136. The van der Waals surface area contributed by atoms with E-state index in [1.165, 1.54) is 19.3 Å². The molecule has 2 fully saturated rings. The molecule has 0 aromatic rings. The number of piperazine rings is 1. The van der Waals surface area contributed by atoms with Crippen LogP contribution in [-0.2, 0) is 9.59 Å². The van der Waals surface area contributed by atoms with Crippen LogP contribution in [0.3, 0.4) is 0 Å². The van der Waals surface area contributed by atoms with Crippen molar-refractivity contribution in [1.82, 2.24) is 20.0 Å². The first-order valence-corrected chi connectivity index (χ1v) is 8.50. The molecule has 2 amide bonds. The Morgan fingerprint density at radius 3 is 2.32 bits per heavy atom. The molecule has 0 aromatic carbocycles. The van der Waals surface area contributed by atoms with E-state index in [4.69, 9.17) is 0 Å². The molecule has 1 N–H and O–H groups in total. The minimum absolute atomic E-state index is 0.122. The number of carbonyl (C=O) groups is 2. The standard InChI is InChI=1S/C16H30N4O2/c1-18(13-16(22)20-10-8-17-9-11-20)12-15(21)19(2)14-6-4-3-5-7-14/h14,17H,3-13H2,1-2H3. The zero-order valence-electron chi connectivity index (χ0n) is 14.0. The fraction of sp³-hybridized carbons (Fsp3) is 0.875. The summed E-state index contributed by atoms with van der Waals surface area (Å²) in [4.78, 5) is 30.2. The average Bonchev–Trinajstić information content (AvgIpc) is 2.55. The van der Waals surface area contributed by atoms with Crippen molar-refractivity contribution in [2.45, 2.75) is 38.1 Å². The molecule has 1 aliphatic carbocycles. The van der Waals surface area contributed by atoms with Crippen molar-refractivity contribution in [2.75, 3.05) is 53.4 Å². The number of nitrogens with one attached hydrogen (secondary N) is 1. The molecule has 2 aliphatic rings. The Hall–Kier alpha value is -1.14. The van der Waals surface area contributed by atoms with Crippen LogP contribution in [0.15, 0.2) is 0 Å². The molecule has 1 saturated heterocycles. The summed E-state index contributed by atoms with van der Waals surface area (Å²) in [5.41, 5.74) is 0. The van der Waals surface area contributed by atoms with E-state index in [0.29, 0.717) is 19.1 Å². The Morgan fingerprint density at radius 2 is 1.68 bits per heavy atom. The lowest BCUT2D eigenvalue weighted by Crippen LogP contribution is -2.50. The summed E-state index contributed by atoms with van der Waals surface area (Å²) in [7, 11) is 3.76. The van der Waals surface area contributed by atoms with Crippen molar-refractivity contribution in [3.8, 4) is 0 Å². The zero-order chi connectivity index (χ0) is 15.9. The number of rotatable bonds is 5. The number of nitrogens with zero attached hydrogens (tertiary/aromatic N) is 3. The van der Waals surface area contributed by atoms with Crippen molar-refractivity contribution in [1.29, 1.82) is 0 Å². The first-order valence-electron chi connectivity index (χ1n) is 8.50. The molecule has 1 aliphatic heterocycles. The zero-order valence-corrected chi connectivity index (χ0v) is 14.0. The van der Waals surface area contributed by atoms with E-state index in [9.17, 15) is 9.59 Å². The van der Waals surface area contributed by atoms with Gasteiger partial charge in [-0.2, -0.15) is 0 Å². The van der Waals surface area contributed by atoms with Crippen LogP contribution in [-0.4, -0.2) is 85.9 Å². The summed E-state index contributed by atoms with van der Waals surface area (Å²) in [6.07, 6.45) is 5.97. The van der Waals surface area contributed by atoms with Crippen LogP contribution >= 0.6 is 0 Å². The van der Waals surface area contributed by atoms with E-state index in [1.807, 2.05) is 28.8 Å². The van der Waals surface area contributed by atoms with Gasteiger partial charge in [0.05, 0.1) is 13.1 Å². The maximum absolute atomic E-state index is 12.4. The predicted molar refractivity (Wildman–Crippen MR) is 86.6 cm³/mol. The third kappa shape index (κ3) is 4.95. The van der Waals surface area contributed by atoms with Gasteiger partial charge in [0.15, 0.2) is 0 Å². The van der Waals surface area contributed by atoms with Crippen molar-refractivity contribution >= 4 is 11.8 Å². The van der Waals surface area contributed by atoms with Crippen LogP contribution in [0.25, 0.3) is 0 Å². The lowest BCUT2D eigenvalue weighted by atomic mass is 9.94. The Labute approximate surface area is 133 Å². The highest BCUT2D eigenvalue weighted by atomic mass is 16.2. The van der Waals surface area contributed by atoms with Gasteiger partial charge in [-0.15, -0.1) is 0 Å². The molecule has 126 valence electrons. The van der Waals surface area contributed by atoms with Crippen LogP contribution in [0, 0.1) is 0 Å². The third-order valence-electron chi connectivity index (χ3n) is 4.80. The highest BCUT2D eigenvalue weighted by Gasteiger charge is 2.24. The van der Waals surface area contributed by atoms with Crippen LogP contribution < -0.4 is 5.32 Å². The van der Waals surface area contributed by atoms with Gasteiger partial charge in [0.25, 0.3) is 0 Å². The third-order valence-corrected chi connectivity index (χ3v) is 4.80. The van der Waals surface area contributed by atoms with E-state index in [-0.39, 0.29) is 11.8 Å². The van der Waals surface area contributed by atoms with Gasteiger partial charge in [-0.1, -0.05) is 19.3 Å². The molecule has 0 unspecified atom stereocenters. The summed E-state index contributed by atoms with van der Waals surface area (Å²) in [5.74, 6) is 0.250. The van der Waals surface area contributed by atoms with Crippen LogP contribution in [0.1, 0.15) is 32.1 Å². The largest absolute Gasteiger partial charge is 0.342 e. The van der Waals surface area contributed by atoms with Crippen molar-refractivity contribution < 1.29 is 9.59 Å². The number of hydrogen-bond acceptors (Lipinski definition) is 4. The molecule has 0 bridgehead atoms. The van der Waals surface area contributed by atoms with Crippen LogP contribution in [0.4, 0.5) is 0 Å². The first kappa shape index (κ1) is 17.2. The molecular weight excluding hydrogens is 280 g/mol. The minimum atomic E-state index is 0.122. The maximum atomic E-state index is 12.4. The molecule has 0 atom stereocenters.